The van der Waals surface area contributed by atoms with E-state index in [1.54, 1.807) is 12.2 Å². The molecule has 62 valence electrons. The SMILES string of the molecule is C/C=C/C=C/C(=O)OC(C)=O.[H-].[Na+]. The van der Waals surface area contributed by atoms with Gasteiger partial charge < -0.3 is 6.16 Å². The van der Waals surface area contributed by atoms with Crippen LogP contribution in [0.4, 0.5) is 0 Å². The monoisotopic (exact) mass is 178 g/mol. The summed E-state index contributed by atoms with van der Waals surface area (Å²) in [6.07, 6.45) is 6.12. The zero-order chi connectivity index (χ0) is 8.69. The molecule has 0 aromatic heterocycles. The van der Waals surface area contributed by atoms with Crippen LogP contribution in [-0.4, -0.2) is 11.9 Å². The third-order valence-electron chi connectivity index (χ3n) is 0.780. The molecule has 4 heteroatoms. The molecular weight excluding hydrogens is 167 g/mol. The second kappa shape index (κ2) is 8.71. The molecule has 0 aliphatic carbocycles. The number of carbonyl (C=O) groups excluding carboxylic acids is 2. The van der Waals surface area contributed by atoms with Crippen molar-refractivity contribution in [1.82, 2.24) is 0 Å². The van der Waals surface area contributed by atoms with Gasteiger partial charge in [0, 0.05) is 13.0 Å². The topological polar surface area (TPSA) is 43.4 Å². The van der Waals surface area contributed by atoms with Gasteiger partial charge in [-0.25, -0.2) is 4.79 Å². The molecule has 0 rings (SSSR count). The first-order valence-electron chi connectivity index (χ1n) is 3.18. The molecule has 0 N–H and O–H groups in total. The van der Waals surface area contributed by atoms with E-state index in [0.717, 1.165) is 0 Å². The van der Waals surface area contributed by atoms with Gasteiger partial charge in [-0.1, -0.05) is 18.2 Å². The van der Waals surface area contributed by atoms with E-state index in [9.17, 15) is 9.59 Å². The first-order valence-corrected chi connectivity index (χ1v) is 3.18. The summed E-state index contributed by atoms with van der Waals surface area (Å²) < 4.78 is 4.20. The van der Waals surface area contributed by atoms with Gasteiger partial charge in [-0.2, -0.15) is 0 Å². The molecule has 0 amide bonds. The van der Waals surface area contributed by atoms with E-state index >= 15 is 0 Å². The van der Waals surface area contributed by atoms with Crippen LogP contribution in [0.2, 0.25) is 0 Å². The van der Waals surface area contributed by atoms with Crippen LogP contribution in [0.25, 0.3) is 0 Å². The molecule has 0 unspecified atom stereocenters. The predicted octanol–water partition coefficient (Wildman–Crippen LogP) is -1.68. The van der Waals surface area contributed by atoms with Crippen LogP contribution in [0.3, 0.4) is 0 Å². The van der Waals surface area contributed by atoms with E-state index < -0.39 is 11.9 Å². The van der Waals surface area contributed by atoms with E-state index in [1.165, 1.54) is 19.1 Å². The maximum Gasteiger partial charge on any atom is 1.00 e. The van der Waals surface area contributed by atoms with Gasteiger partial charge in [-0.05, 0) is 6.92 Å². The molecular formula is C8H11NaO3. The van der Waals surface area contributed by atoms with E-state index in [1.807, 2.05) is 6.92 Å². The molecule has 0 spiro atoms. The van der Waals surface area contributed by atoms with Crippen LogP contribution >= 0.6 is 0 Å². The summed E-state index contributed by atoms with van der Waals surface area (Å²) in [5.41, 5.74) is 0. The van der Waals surface area contributed by atoms with Crippen LogP contribution in [-0.2, 0) is 14.3 Å². The fraction of sp³-hybridized carbons (Fsp3) is 0.250. The van der Waals surface area contributed by atoms with Crippen molar-refractivity contribution in [3.63, 3.8) is 0 Å². The van der Waals surface area contributed by atoms with Crippen LogP contribution in [0.1, 0.15) is 15.3 Å². The molecule has 0 fully saturated rings. The average Bonchev–Trinajstić information content (AvgIpc) is 1.86. The molecule has 0 aliphatic heterocycles. The van der Waals surface area contributed by atoms with E-state index in [-0.39, 0.29) is 31.0 Å². The van der Waals surface area contributed by atoms with Crippen molar-refractivity contribution < 1.29 is 45.3 Å². The molecule has 0 saturated heterocycles. The number of hydrogen-bond acceptors (Lipinski definition) is 3. The molecule has 0 heterocycles. The summed E-state index contributed by atoms with van der Waals surface area (Å²) in [7, 11) is 0. The Bertz CT molecular complexity index is 211. The zero-order valence-corrected chi connectivity index (χ0v) is 9.53. The maximum atomic E-state index is 10.6. The number of ether oxygens (including phenoxy) is 1. The zero-order valence-electron chi connectivity index (χ0n) is 8.53. The summed E-state index contributed by atoms with van der Waals surface area (Å²) in [6.45, 7) is 3.00. The van der Waals surface area contributed by atoms with Crippen molar-refractivity contribution in [1.29, 1.82) is 0 Å². The Balaban J connectivity index is -0.000000500. The number of rotatable bonds is 2. The molecule has 0 atom stereocenters. The molecule has 0 aromatic carbocycles. The fourth-order valence-corrected chi connectivity index (χ4v) is 0.421. The van der Waals surface area contributed by atoms with E-state index in [0.29, 0.717) is 0 Å². The standard InChI is InChI=1S/C8H10O3.Na.H/c1-3-4-5-6-8(10)11-7(2)9;;/h3-6H,1-2H3;;/q;+1;-1/b4-3+,6-5+;;. The Morgan fingerprint density at radius 3 is 2.33 bits per heavy atom. The minimum absolute atomic E-state index is 0. The molecule has 0 radical (unpaired) electrons. The summed E-state index contributed by atoms with van der Waals surface area (Å²) in [5.74, 6) is -1.24. The van der Waals surface area contributed by atoms with Gasteiger partial charge in [0.1, 0.15) is 0 Å². The second-order valence-corrected chi connectivity index (χ2v) is 1.80. The second-order valence-electron chi connectivity index (χ2n) is 1.80. The van der Waals surface area contributed by atoms with Crippen molar-refractivity contribution in [3.8, 4) is 0 Å². The normalized spacial score (nSPS) is 9.83. The summed E-state index contributed by atoms with van der Waals surface area (Å²) in [5, 5.41) is 0. The van der Waals surface area contributed by atoms with Crippen molar-refractivity contribution in [3.05, 3.63) is 24.3 Å². The molecule has 0 aromatic rings. The Morgan fingerprint density at radius 2 is 1.92 bits per heavy atom. The number of allylic oxidation sites excluding steroid dienone is 3. The first kappa shape index (κ1) is 14.2. The number of carbonyl (C=O) groups is 2. The van der Waals surface area contributed by atoms with Gasteiger partial charge in [-0.3, -0.25) is 4.79 Å². The number of hydrogen-bond donors (Lipinski definition) is 0. The minimum Gasteiger partial charge on any atom is -1.00 e. The summed E-state index contributed by atoms with van der Waals surface area (Å²) >= 11 is 0. The van der Waals surface area contributed by atoms with Crippen LogP contribution in [0.5, 0.6) is 0 Å². The van der Waals surface area contributed by atoms with Crippen LogP contribution in [0.15, 0.2) is 24.3 Å². The molecule has 12 heavy (non-hydrogen) atoms. The summed E-state index contributed by atoms with van der Waals surface area (Å²) in [6, 6.07) is 0. The smallest absolute Gasteiger partial charge is 1.00 e. The van der Waals surface area contributed by atoms with E-state index in [2.05, 4.69) is 4.74 Å². The van der Waals surface area contributed by atoms with E-state index in [4.69, 9.17) is 0 Å². The van der Waals surface area contributed by atoms with Gasteiger partial charge in [0.2, 0.25) is 0 Å². The Labute approximate surface area is 95.2 Å². The first-order chi connectivity index (χ1) is 5.16. The average molecular weight is 178 g/mol. The van der Waals surface area contributed by atoms with Gasteiger partial charge >= 0.3 is 41.5 Å². The van der Waals surface area contributed by atoms with Crippen molar-refractivity contribution in [2.24, 2.45) is 0 Å². The van der Waals surface area contributed by atoms with Crippen molar-refractivity contribution >= 4 is 11.9 Å². The number of esters is 2. The van der Waals surface area contributed by atoms with Gasteiger partial charge in [-0.15, -0.1) is 0 Å². The molecule has 0 aliphatic rings. The van der Waals surface area contributed by atoms with Crippen molar-refractivity contribution in [2.45, 2.75) is 13.8 Å². The molecule has 3 nitrogen and oxygen atoms in total. The Hall–Kier alpha value is -0.380. The maximum absolute atomic E-state index is 10.6. The Morgan fingerprint density at radius 1 is 1.33 bits per heavy atom. The van der Waals surface area contributed by atoms with Crippen LogP contribution < -0.4 is 29.6 Å². The predicted molar refractivity (Wildman–Crippen MR) is 41.8 cm³/mol. The van der Waals surface area contributed by atoms with Crippen molar-refractivity contribution in [2.75, 3.05) is 0 Å². The summed E-state index contributed by atoms with van der Waals surface area (Å²) in [4.78, 5) is 20.8. The fourth-order valence-electron chi connectivity index (χ4n) is 0.421. The molecule has 0 bridgehead atoms. The molecule has 0 saturated carbocycles. The van der Waals surface area contributed by atoms with Gasteiger partial charge in [0.05, 0.1) is 0 Å². The largest absolute Gasteiger partial charge is 1.00 e. The van der Waals surface area contributed by atoms with Gasteiger partial charge in [0.25, 0.3) is 0 Å². The van der Waals surface area contributed by atoms with Gasteiger partial charge in [0.15, 0.2) is 0 Å². The minimum atomic E-state index is -0.643. The van der Waals surface area contributed by atoms with Crippen LogP contribution in [0, 0.1) is 0 Å². The third-order valence-corrected chi connectivity index (χ3v) is 0.780. The Kier molecular flexibility index (Phi) is 10.3. The quantitative estimate of drug-likeness (QED) is 0.167. The third kappa shape index (κ3) is 9.62.